The normalized spacial score (nSPS) is 17.5. The third kappa shape index (κ3) is 5.37. The van der Waals surface area contributed by atoms with Crippen LogP contribution in [0.25, 0.3) is 0 Å². The number of hydrogen-bond donors (Lipinski definition) is 2. The number of carbonyl (C=O) groups is 2. The van der Waals surface area contributed by atoms with Crippen LogP contribution in [0, 0.1) is 13.8 Å². The summed E-state index contributed by atoms with van der Waals surface area (Å²) in [7, 11) is 4.26. The van der Waals surface area contributed by atoms with Crippen LogP contribution in [0.1, 0.15) is 28.3 Å². The molecule has 0 radical (unpaired) electrons. The molecule has 0 unspecified atom stereocenters. The number of amides is 2. The number of hydrogen-bond acceptors (Lipinski definition) is 5. The van der Waals surface area contributed by atoms with E-state index in [1.807, 2.05) is 32.0 Å². The summed E-state index contributed by atoms with van der Waals surface area (Å²) in [6.45, 7) is 9.21. The van der Waals surface area contributed by atoms with Crippen molar-refractivity contribution in [1.29, 1.82) is 0 Å². The predicted molar refractivity (Wildman–Crippen MR) is 133 cm³/mol. The first-order valence-corrected chi connectivity index (χ1v) is 11.7. The summed E-state index contributed by atoms with van der Waals surface area (Å²) in [6.07, 6.45) is 1.04. The summed E-state index contributed by atoms with van der Waals surface area (Å²) in [5, 5.41) is 5.65. The second-order valence-corrected chi connectivity index (χ2v) is 9.40. The Balaban J connectivity index is 1.46. The van der Waals surface area contributed by atoms with Crippen LogP contribution in [0.15, 0.2) is 36.4 Å². The van der Waals surface area contributed by atoms with Crippen LogP contribution >= 0.6 is 0 Å². The number of fused-ring (bicyclic) bond motifs is 1. The molecule has 1 fully saturated rings. The molecule has 4 rings (SSSR count). The fourth-order valence-electron chi connectivity index (χ4n) is 4.79. The van der Waals surface area contributed by atoms with Gasteiger partial charge < -0.3 is 20.4 Å². The van der Waals surface area contributed by atoms with Gasteiger partial charge in [-0.05, 0) is 56.1 Å². The second-order valence-electron chi connectivity index (χ2n) is 9.40. The molecule has 2 amide bonds. The number of nitrogens with one attached hydrogen (secondary N) is 2. The summed E-state index contributed by atoms with van der Waals surface area (Å²) in [5.74, 6) is -1.23. The number of nitrogens with zero attached hydrogens (tertiary/aromatic N) is 3. The lowest BCUT2D eigenvalue weighted by Gasteiger charge is -2.38. The lowest BCUT2D eigenvalue weighted by atomic mass is 10.00. The maximum absolute atomic E-state index is 12.7. The van der Waals surface area contributed by atoms with Crippen LogP contribution in [-0.4, -0.2) is 75.0 Å². The molecule has 0 aliphatic carbocycles. The zero-order valence-electron chi connectivity index (χ0n) is 20.1. The van der Waals surface area contributed by atoms with E-state index in [2.05, 4.69) is 57.6 Å². The summed E-state index contributed by atoms with van der Waals surface area (Å²) in [5.41, 5.74) is 6.56. The number of benzene rings is 2. The van der Waals surface area contributed by atoms with Gasteiger partial charge in [-0.15, -0.1) is 0 Å². The highest BCUT2D eigenvalue weighted by atomic mass is 16.2. The zero-order valence-corrected chi connectivity index (χ0v) is 20.1. The summed E-state index contributed by atoms with van der Waals surface area (Å²) in [4.78, 5) is 32.2. The molecule has 2 aromatic carbocycles. The van der Waals surface area contributed by atoms with Gasteiger partial charge in [0.05, 0.1) is 6.04 Å². The Morgan fingerprint density at radius 2 is 1.70 bits per heavy atom. The van der Waals surface area contributed by atoms with Crippen molar-refractivity contribution < 1.29 is 9.59 Å². The summed E-state index contributed by atoms with van der Waals surface area (Å²) < 4.78 is 0. The van der Waals surface area contributed by atoms with Crippen LogP contribution < -0.4 is 15.5 Å². The maximum atomic E-state index is 12.7. The summed E-state index contributed by atoms with van der Waals surface area (Å²) >= 11 is 0. The van der Waals surface area contributed by atoms with E-state index in [-0.39, 0.29) is 6.04 Å². The number of carbonyl (C=O) groups excluding carboxylic acids is 2. The molecule has 7 heteroatoms. The van der Waals surface area contributed by atoms with E-state index in [9.17, 15) is 9.59 Å². The van der Waals surface area contributed by atoms with Gasteiger partial charge in [0.15, 0.2) is 0 Å². The minimum atomic E-state index is -0.630. The molecule has 0 bridgehead atoms. The van der Waals surface area contributed by atoms with Gasteiger partial charge in [0.1, 0.15) is 0 Å². The van der Waals surface area contributed by atoms with E-state index < -0.39 is 11.8 Å². The van der Waals surface area contributed by atoms with Crippen molar-refractivity contribution in [2.45, 2.75) is 26.3 Å². The second kappa shape index (κ2) is 9.93. The van der Waals surface area contributed by atoms with Crippen molar-refractivity contribution in [2.24, 2.45) is 0 Å². The highest BCUT2D eigenvalue weighted by Crippen LogP contribution is 2.31. The van der Waals surface area contributed by atoms with Gasteiger partial charge >= 0.3 is 11.8 Å². The standard InChI is InChI=1S/C26H35N5O2/c1-18-5-7-22(19(2)15-18)28-26(33)25(32)27-17-24(31-13-11-29(3)12-14-31)20-6-8-23-21(16-20)9-10-30(23)4/h5-8,15-16,24H,9-14,17H2,1-4H3,(H,27,32)(H,28,33)/t24-/m1/s1. The van der Waals surface area contributed by atoms with Crippen LogP contribution in [0.5, 0.6) is 0 Å². The molecule has 2 aliphatic rings. The third-order valence-corrected chi connectivity index (χ3v) is 6.89. The lowest BCUT2D eigenvalue weighted by Crippen LogP contribution is -2.49. The van der Waals surface area contributed by atoms with E-state index in [0.29, 0.717) is 12.2 Å². The Kier molecular flexibility index (Phi) is 7.00. The van der Waals surface area contributed by atoms with Crippen LogP contribution in [0.2, 0.25) is 0 Å². The molecule has 176 valence electrons. The van der Waals surface area contributed by atoms with Crippen molar-refractivity contribution in [2.75, 3.05) is 63.6 Å². The van der Waals surface area contributed by atoms with Gasteiger partial charge in [0.25, 0.3) is 0 Å². The van der Waals surface area contributed by atoms with Crippen molar-refractivity contribution in [3.63, 3.8) is 0 Å². The molecule has 33 heavy (non-hydrogen) atoms. The average molecular weight is 450 g/mol. The number of likely N-dealkylation sites (N-methyl/N-ethyl adjacent to an activating group) is 2. The maximum Gasteiger partial charge on any atom is 0.313 e. The van der Waals surface area contributed by atoms with Gasteiger partial charge in [-0.1, -0.05) is 29.8 Å². The highest BCUT2D eigenvalue weighted by molar-refractivity contribution is 6.39. The Bertz CT molecular complexity index is 1030. The van der Waals surface area contributed by atoms with E-state index in [0.717, 1.165) is 50.3 Å². The Morgan fingerprint density at radius 3 is 2.42 bits per heavy atom. The molecule has 1 saturated heterocycles. The minimum Gasteiger partial charge on any atom is -0.374 e. The molecular formula is C26H35N5O2. The summed E-state index contributed by atoms with van der Waals surface area (Å²) in [6, 6.07) is 12.4. The molecule has 2 aliphatic heterocycles. The first-order valence-electron chi connectivity index (χ1n) is 11.7. The highest BCUT2D eigenvalue weighted by Gasteiger charge is 2.27. The predicted octanol–water partition coefficient (Wildman–Crippen LogP) is 2.34. The first kappa shape index (κ1) is 23.3. The quantitative estimate of drug-likeness (QED) is 0.686. The molecule has 2 aromatic rings. The molecule has 0 saturated carbocycles. The first-order chi connectivity index (χ1) is 15.8. The van der Waals surface area contributed by atoms with Crippen LogP contribution in [0.4, 0.5) is 11.4 Å². The van der Waals surface area contributed by atoms with Gasteiger partial charge in [-0.2, -0.15) is 0 Å². The van der Waals surface area contributed by atoms with Crippen molar-refractivity contribution in [3.8, 4) is 0 Å². The number of piperazine rings is 1. The molecule has 1 atom stereocenters. The number of rotatable bonds is 5. The molecular weight excluding hydrogens is 414 g/mol. The number of anilines is 2. The third-order valence-electron chi connectivity index (χ3n) is 6.89. The topological polar surface area (TPSA) is 67.9 Å². The zero-order chi connectivity index (χ0) is 23.5. The van der Waals surface area contributed by atoms with E-state index in [1.54, 1.807) is 0 Å². The Labute approximate surface area is 196 Å². The van der Waals surface area contributed by atoms with E-state index >= 15 is 0 Å². The SMILES string of the molecule is Cc1ccc(NC(=O)C(=O)NC[C@H](c2ccc3c(c2)CCN3C)N2CCN(C)CC2)c(C)c1. The molecule has 2 heterocycles. The van der Waals surface area contributed by atoms with E-state index in [1.165, 1.54) is 16.8 Å². The minimum absolute atomic E-state index is 0.0350. The van der Waals surface area contributed by atoms with Gasteiger partial charge in [-0.25, -0.2) is 0 Å². The van der Waals surface area contributed by atoms with Crippen LogP contribution in [-0.2, 0) is 16.0 Å². The fraction of sp³-hybridized carbons (Fsp3) is 0.462. The van der Waals surface area contributed by atoms with Crippen molar-refractivity contribution in [1.82, 2.24) is 15.1 Å². The Hall–Kier alpha value is -2.90. The Morgan fingerprint density at radius 1 is 0.939 bits per heavy atom. The van der Waals surface area contributed by atoms with Gasteiger partial charge in [-0.3, -0.25) is 14.5 Å². The molecule has 0 spiro atoms. The smallest absolute Gasteiger partial charge is 0.313 e. The van der Waals surface area contributed by atoms with Gasteiger partial charge in [0, 0.05) is 57.7 Å². The van der Waals surface area contributed by atoms with Crippen LogP contribution in [0.3, 0.4) is 0 Å². The fourth-order valence-corrected chi connectivity index (χ4v) is 4.79. The lowest BCUT2D eigenvalue weighted by molar-refractivity contribution is -0.136. The molecule has 0 aromatic heterocycles. The van der Waals surface area contributed by atoms with Crippen molar-refractivity contribution in [3.05, 3.63) is 58.7 Å². The molecule has 7 nitrogen and oxygen atoms in total. The molecule has 2 N–H and O–H groups in total. The average Bonchev–Trinajstić information content (AvgIpc) is 3.17. The largest absolute Gasteiger partial charge is 0.374 e. The number of aryl methyl sites for hydroxylation is 2. The monoisotopic (exact) mass is 449 g/mol. The van der Waals surface area contributed by atoms with E-state index in [4.69, 9.17) is 0 Å². The van der Waals surface area contributed by atoms with Crippen molar-refractivity contribution >= 4 is 23.2 Å². The van der Waals surface area contributed by atoms with Gasteiger partial charge in [0.2, 0.25) is 0 Å².